The Morgan fingerprint density at radius 3 is 2.48 bits per heavy atom. The maximum absolute atomic E-state index is 12.7. The molecule has 0 radical (unpaired) electrons. The minimum atomic E-state index is -1.76. The molecule has 0 aliphatic carbocycles. The zero-order valence-corrected chi connectivity index (χ0v) is 14.8. The van der Waals surface area contributed by atoms with Gasteiger partial charge in [0.05, 0.1) is 0 Å². The Morgan fingerprint density at radius 1 is 1.36 bits per heavy atom. The van der Waals surface area contributed by atoms with Crippen molar-refractivity contribution in [2.24, 2.45) is 0 Å². The third kappa shape index (κ3) is 3.01. The summed E-state index contributed by atoms with van der Waals surface area (Å²) >= 11 is 1.14. The number of amides is 2. The van der Waals surface area contributed by atoms with Crippen molar-refractivity contribution in [2.45, 2.75) is 38.1 Å². The molecule has 0 aromatic heterocycles. The zero-order valence-electron chi connectivity index (χ0n) is 14.0. The van der Waals surface area contributed by atoms with E-state index in [1.165, 1.54) is 13.8 Å². The number of carbonyl (C=O) groups excluding carboxylic acids is 4. The Bertz CT molecular complexity index is 702. The van der Waals surface area contributed by atoms with Crippen LogP contribution in [0.25, 0.3) is 0 Å². The van der Waals surface area contributed by atoms with Crippen LogP contribution in [0.3, 0.4) is 0 Å². The predicted octanol–water partition coefficient (Wildman–Crippen LogP) is -0.343. The molecule has 0 aromatic carbocycles. The van der Waals surface area contributed by atoms with Gasteiger partial charge < -0.3 is 15.2 Å². The van der Waals surface area contributed by atoms with Crippen LogP contribution in [0.1, 0.15) is 27.2 Å². The van der Waals surface area contributed by atoms with Crippen LogP contribution in [0, 0.1) is 0 Å². The lowest BCUT2D eigenvalue weighted by Crippen LogP contribution is -2.82. The Hall–Kier alpha value is -2.36. The number of carboxylic acid groups (broad SMARTS) is 1. The third-order valence-electron chi connectivity index (χ3n) is 4.02. The summed E-state index contributed by atoms with van der Waals surface area (Å²) in [5.41, 5.74) is -1.81. The van der Waals surface area contributed by atoms with Gasteiger partial charge in [-0.2, -0.15) is 0 Å². The SMILES string of the molecule is CCC(=O)N[C@@]1(C(C)=O)C(=O)N2C(C(=O)O)=C(COC(C)=O)CS[C@@H]21. The number of nitrogens with one attached hydrogen (secondary N) is 1. The van der Waals surface area contributed by atoms with Crippen molar-refractivity contribution in [3.05, 3.63) is 11.3 Å². The smallest absolute Gasteiger partial charge is 0.352 e. The fraction of sp³-hybridized carbons (Fsp3) is 0.533. The van der Waals surface area contributed by atoms with Crippen molar-refractivity contribution in [3.63, 3.8) is 0 Å². The number of hydrogen-bond acceptors (Lipinski definition) is 7. The Labute approximate surface area is 147 Å². The molecule has 0 bridgehead atoms. The van der Waals surface area contributed by atoms with Crippen LogP contribution < -0.4 is 5.32 Å². The molecule has 25 heavy (non-hydrogen) atoms. The van der Waals surface area contributed by atoms with Crippen molar-refractivity contribution in [3.8, 4) is 0 Å². The number of esters is 1. The molecule has 2 aliphatic rings. The molecule has 1 saturated heterocycles. The second kappa shape index (κ2) is 6.87. The molecule has 2 aliphatic heterocycles. The molecular weight excluding hydrogens is 352 g/mol. The molecule has 136 valence electrons. The van der Waals surface area contributed by atoms with Gasteiger partial charge in [-0.1, -0.05) is 6.92 Å². The van der Waals surface area contributed by atoms with Crippen LogP contribution >= 0.6 is 11.8 Å². The molecule has 2 atom stereocenters. The van der Waals surface area contributed by atoms with E-state index in [1.807, 2.05) is 0 Å². The highest BCUT2D eigenvalue weighted by Crippen LogP contribution is 2.46. The van der Waals surface area contributed by atoms with Crippen molar-refractivity contribution in [1.82, 2.24) is 10.2 Å². The predicted molar refractivity (Wildman–Crippen MR) is 86.2 cm³/mol. The van der Waals surface area contributed by atoms with Gasteiger partial charge in [0.1, 0.15) is 17.7 Å². The quantitative estimate of drug-likeness (QED) is 0.369. The van der Waals surface area contributed by atoms with E-state index in [-0.39, 0.29) is 30.1 Å². The van der Waals surface area contributed by atoms with Crippen molar-refractivity contribution in [2.75, 3.05) is 12.4 Å². The van der Waals surface area contributed by atoms with Crippen molar-refractivity contribution >= 4 is 41.3 Å². The monoisotopic (exact) mass is 370 g/mol. The highest BCUT2D eigenvalue weighted by atomic mass is 32.2. The lowest BCUT2D eigenvalue weighted by molar-refractivity contribution is -0.163. The van der Waals surface area contributed by atoms with E-state index in [1.54, 1.807) is 6.92 Å². The highest BCUT2D eigenvalue weighted by Gasteiger charge is 2.68. The van der Waals surface area contributed by atoms with Crippen molar-refractivity contribution < 1.29 is 33.8 Å². The first kappa shape index (κ1) is 19.0. The maximum atomic E-state index is 12.7. The summed E-state index contributed by atoms with van der Waals surface area (Å²) in [6, 6.07) is 0. The number of Topliss-reactive ketones (excluding diaryl/α,β-unsaturated/α-hetero) is 1. The second-order valence-electron chi connectivity index (χ2n) is 5.64. The molecule has 0 saturated carbocycles. The van der Waals surface area contributed by atoms with Crippen LogP contribution in [0.15, 0.2) is 11.3 Å². The van der Waals surface area contributed by atoms with E-state index < -0.39 is 40.4 Å². The molecule has 2 amide bonds. The molecule has 0 unspecified atom stereocenters. The van der Waals surface area contributed by atoms with Gasteiger partial charge in [-0.05, 0) is 6.92 Å². The average molecular weight is 370 g/mol. The third-order valence-corrected chi connectivity index (χ3v) is 5.41. The fourth-order valence-electron chi connectivity index (χ4n) is 2.76. The minimum Gasteiger partial charge on any atom is -0.477 e. The number of carbonyl (C=O) groups is 5. The van der Waals surface area contributed by atoms with E-state index in [2.05, 4.69) is 5.32 Å². The van der Waals surface area contributed by atoms with Gasteiger partial charge in [0.25, 0.3) is 5.91 Å². The van der Waals surface area contributed by atoms with E-state index >= 15 is 0 Å². The lowest BCUT2D eigenvalue weighted by Gasteiger charge is -2.55. The average Bonchev–Trinajstić information content (AvgIpc) is 2.55. The lowest BCUT2D eigenvalue weighted by atomic mass is 9.82. The number of β-lactam (4-membered cyclic amide) rings is 1. The number of aliphatic carboxylic acids is 1. The van der Waals surface area contributed by atoms with Crippen LogP contribution in [-0.2, 0) is 28.7 Å². The van der Waals surface area contributed by atoms with Crippen LogP contribution in [0.2, 0.25) is 0 Å². The number of nitrogens with zero attached hydrogens (tertiary/aromatic N) is 1. The number of thioether (sulfide) groups is 1. The normalized spacial score (nSPS) is 25.0. The molecule has 0 spiro atoms. The number of fused-ring (bicyclic) bond motifs is 1. The summed E-state index contributed by atoms with van der Waals surface area (Å²) in [7, 11) is 0. The van der Waals surface area contributed by atoms with E-state index in [0.29, 0.717) is 0 Å². The van der Waals surface area contributed by atoms with Crippen molar-refractivity contribution in [1.29, 1.82) is 0 Å². The van der Waals surface area contributed by atoms with Crippen LogP contribution in [0.4, 0.5) is 0 Å². The first-order chi connectivity index (χ1) is 11.7. The van der Waals surface area contributed by atoms with E-state index in [0.717, 1.165) is 16.7 Å². The Kier molecular flexibility index (Phi) is 5.21. The molecule has 2 heterocycles. The van der Waals surface area contributed by atoms with Gasteiger partial charge in [-0.25, -0.2) is 4.79 Å². The summed E-state index contributed by atoms with van der Waals surface area (Å²) in [6.07, 6.45) is 0.0824. The van der Waals surface area contributed by atoms with Gasteiger partial charge in [0, 0.05) is 24.7 Å². The Balaban J connectivity index is 2.40. The number of carboxylic acids is 1. The highest BCUT2D eigenvalue weighted by molar-refractivity contribution is 8.00. The molecular formula is C15H18N2O7S. The standard InChI is InChI=1S/C15H18N2O7S/c1-4-10(20)16-15(7(2)18)13(23)17-11(12(21)22)9(5-24-8(3)19)6-25-14(15)17/h14H,4-6H2,1-3H3,(H,16,20)(H,21,22)/t14-,15+/m1/s1. The van der Waals surface area contributed by atoms with Crippen LogP contribution in [0.5, 0.6) is 0 Å². The summed E-state index contributed by atoms with van der Waals surface area (Å²) in [6.45, 7) is 3.70. The van der Waals surface area contributed by atoms with Gasteiger partial charge in [0.15, 0.2) is 5.78 Å². The molecule has 2 rings (SSSR count). The zero-order chi connectivity index (χ0) is 18.9. The van der Waals surface area contributed by atoms with Gasteiger partial charge in [0.2, 0.25) is 11.4 Å². The van der Waals surface area contributed by atoms with Crippen LogP contribution in [-0.4, -0.2) is 62.8 Å². The first-order valence-corrected chi connectivity index (χ1v) is 8.57. The number of rotatable bonds is 6. The maximum Gasteiger partial charge on any atom is 0.352 e. The van der Waals surface area contributed by atoms with E-state index in [9.17, 15) is 29.1 Å². The Morgan fingerprint density at radius 2 is 2.00 bits per heavy atom. The molecule has 10 heteroatoms. The topological polar surface area (TPSA) is 130 Å². The number of ketones is 1. The second-order valence-corrected chi connectivity index (χ2v) is 6.71. The molecule has 0 aromatic rings. The molecule has 2 N–H and O–H groups in total. The summed E-state index contributed by atoms with van der Waals surface area (Å²) in [5.74, 6) is -3.61. The van der Waals surface area contributed by atoms with Gasteiger partial charge in [-0.15, -0.1) is 11.8 Å². The summed E-state index contributed by atoms with van der Waals surface area (Å²) in [5, 5.41) is 11.1. The number of hydrogen-bond donors (Lipinski definition) is 2. The molecule has 9 nitrogen and oxygen atoms in total. The van der Waals surface area contributed by atoms with Gasteiger partial charge in [-0.3, -0.25) is 24.1 Å². The number of ether oxygens (including phenoxy) is 1. The summed E-state index contributed by atoms with van der Waals surface area (Å²) in [4.78, 5) is 60.2. The van der Waals surface area contributed by atoms with E-state index in [4.69, 9.17) is 4.74 Å². The molecule has 1 fully saturated rings. The van der Waals surface area contributed by atoms with Gasteiger partial charge >= 0.3 is 11.9 Å². The fourth-order valence-corrected chi connectivity index (χ4v) is 4.26. The summed E-state index contributed by atoms with van der Waals surface area (Å²) < 4.78 is 4.84. The minimum absolute atomic E-state index is 0.0824. The first-order valence-electron chi connectivity index (χ1n) is 7.52. The largest absolute Gasteiger partial charge is 0.477 e.